The first kappa shape index (κ1) is 14.0. The van der Waals surface area contributed by atoms with Crippen molar-refractivity contribution < 1.29 is 19.4 Å². The van der Waals surface area contributed by atoms with Gasteiger partial charge in [0, 0.05) is 24.2 Å². The maximum absolute atomic E-state index is 11.5. The van der Waals surface area contributed by atoms with Crippen LogP contribution < -0.4 is 15.8 Å². The van der Waals surface area contributed by atoms with Crippen molar-refractivity contribution in [3.05, 3.63) is 24.3 Å². The van der Waals surface area contributed by atoms with E-state index in [0.717, 1.165) is 0 Å². The lowest BCUT2D eigenvalue weighted by Gasteiger charge is -2.09. The van der Waals surface area contributed by atoms with Gasteiger partial charge in [0.25, 0.3) is 0 Å². The first-order valence-corrected chi connectivity index (χ1v) is 5.47. The smallest absolute Gasteiger partial charge is 0.341 e. The first-order valence-electron chi connectivity index (χ1n) is 5.47. The van der Waals surface area contributed by atoms with E-state index >= 15 is 0 Å². The highest BCUT2D eigenvalue weighted by molar-refractivity contribution is 5.91. The summed E-state index contributed by atoms with van der Waals surface area (Å²) in [5, 5.41) is 11.1. The second-order valence-electron chi connectivity index (χ2n) is 3.94. The molecule has 0 radical (unpaired) electrons. The number of amides is 1. The van der Waals surface area contributed by atoms with Gasteiger partial charge in [-0.05, 0) is 19.1 Å². The van der Waals surface area contributed by atoms with Gasteiger partial charge in [0.05, 0.1) is 0 Å². The molecule has 0 fully saturated rings. The van der Waals surface area contributed by atoms with Crippen molar-refractivity contribution >= 4 is 17.6 Å². The van der Waals surface area contributed by atoms with Crippen molar-refractivity contribution in [3.63, 3.8) is 0 Å². The third-order valence-electron chi connectivity index (χ3n) is 1.99. The molecule has 0 aliphatic heterocycles. The minimum absolute atomic E-state index is 0.194. The fourth-order valence-corrected chi connectivity index (χ4v) is 1.31. The Hall–Kier alpha value is -2.08. The lowest BCUT2D eigenvalue weighted by atomic mass is 10.2. The molecule has 6 heteroatoms. The summed E-state index contributed by atoms with van der Waals surface area (Å²) in [5.41, 5.74) is 6.05. The first-order chi connectivity index (χ1) is 8.47. The zero-order valence-corrected chi connectivity index (χ0v) is 10.1. The third kappa shape index (κ3) is 5.31. The zero-order chi connectivity index (χ0) is 13.5. The van der Waals surface area contributed by atoms with Crippen LogP contribution in [0.2, 0.25) is 0 Å². The molecule has 0 saturated carbocycles. The van der Waals surface area contributed by atoms with E-state index in [4.69, 9.17) is 15.6 Å². The third-order valence-corrected chi connectivity index (χ3v) is 1.99. The maximum Gasteiger partial charge on any atom is 0.341 e. The molecule has 1 rings (SSSR count). The van der Waals surface area contributed by atoms with Gasteiger partial charge in [-0.25, -0.2) is 4.79 Å². The number of benzene rings is 1. The molecule has 6 nitrogen and oxygen atoms in total. The summed E-state index contributed by atoms with van der Waals surface area (Å²) >= 11 is 0. The number of nitrogens with two attached hydrogens (primary N) is 1. The molecule has 18 heavy (non-hydrogen) atoms. The number of hydrogen-bond acceptors (Lipinski definition) is 4. The summed E-state index contributed by atoms with van der Waals surface area (Å²) in [4.78, 5) is 21.8. The van der Waals surface area contributed by atoms with E-state index in [9.17, 15) is 9.59 Å². The Morgan fingerprint density at radius 2 is 2.22 bits per heavy atom. The number of carbonyl (C=O) groups is 2. The van der Waals surface area contributed by atoms with Gasteiger partial charge in [0.1, 0.15) is 5.75 Å². The van der Waals surface area contributed by atoms with E-state index in [1.54, 1.807) is 31.2 Å². The van der Waals surface area contributed by atoms with Crippen LogP contribution in [0.15, 0.2) is 24.3 Å². The monoisotopic (exact) mass is 252 g/mol. The Bertz CT molecular complexity index is 432. The van der Waals surface area contributed by atoms with Crippen LogP contribution in [-0.4, -0.2) is 29.6 Å². The van der Waals surface area contributed by atoms with Gasteiger partial charge in [0.2, 0.25) is 5.91 Å². The number of ether oxygens (including phenoxy) is 1. The van der Waals surface area contributed by atoms with E-state index in [1.807, 2.05) is 0 Å². The Labute approximate surface area is 105 Å². The van der Waals surface area contributed by atoms with E-state index in [0.29, 0.717) is 11.4 Å². The molecule has 1 aromatic carbocycles. The summed E-state index contributed by atoms with van der Waals surface area (Å²) in [6.45, 7) is 1.32. The lowest BCUT2D eigenvalue weighted by molar-refractivity contribution is -0.139. The highest BCUT2D eigenvalue weighted by Gasteiger charge is 2.06. The highest BCUT2D eigenvalue weighted by Crippen LogP contribution is 2.17. The number of carboxylic acids is 1. The van der Waals surface area contributed by atoms with E-state index in [2.05, 4.69) is 5.32 Å². The minimum atomic E-state index is -1.05. The average molecular weight is 252 g/mol. The van der Waals surface area contributed by atoms with Gasteiger partial charge in [-0.2, -0.15) is 0 Å². The number of carbonyl (C=O) groups excluding carboxylic acids is 1. The van der Waals surface area contributed by atoms with Crippen LogP contribution in [0.5, 0.6) is 5.75 Å². The molecule has 1 amide bonds. The quantitative estimate of drug-likeness (QED) is 0.696. The van der Waals surface area contributed by atoms with E-state index < -0.39 is 12.6 Å². The molecular weight excluding hydrogens is 236 g/mol. The molecule has 0 spiro atoms. The van der Waals surface area contributed by atoms with E-state index in [1.165, 1.54) is 0 Å². The Balaban J connectivity index is 2.59. The summed E-state index contributed by atoms with van der Waals surface area (Å²) in [6.07, 6.45) is 0.222. The molecule has 0 saturated heterocycles. The summed E-state index contributed by atoms with van der Waals surface area (Å²) < 4.78 is 5.00. The van der Waals surface area contributed by atoms with Crippen molar-refractivity contribution in [2.75, 3.05) is 11.9 Å². The van der Waals surface area contributed by atoms with Crippen LogP contribution in [0.25, 0.3) is 0 Å². The topological polar surface area (TPSA) is 102 Å². The van der Waals surface area contributed by atoms with Gasteiger partial charge >= 0.3 is 5.97 Å². The number of nitrogens with one attached hydrogen (secondary N) is 1. The highest BCUT2D eigenvalue weighted by atomic mass is 16.5. The van der Waals surface area contributed by atoms with Crippen molar-refractivity contribution in [2.24, 2.45) is 5.73 Å². The number of anilines is 1. The summed E-state index contributed by atoms with van der Waals surface area (Å²) in [6, 6.07) is 6.31. The van der Waals surface area contributed by atoms with Crippen molar-refractivity contribution in [3.8, 4) is 5.75 Å². The SMILES string of the molecule is CC(N)CC(=O)Nc1cccc(OCC(=O)O)c1. The molecule has 0 aromatic heterocycles. The predicted molar refractivity (Wildman–Crippen MR) is 66.5 cm³/mol. The van der Waals surface area contributed by atoms with Crippen molar-refractivity contribution in [1.29, 1.82) is 0 Å². The minimum Gasteiger partial charge on any atom is -0.482 e. The molecular formula is C12H16N2O4. The van der Waals surface area contributed by atoms with Crippen LogP contribution in [0.3, 0.4) is 0 Å². The van der Waals surface area contributed by atoms with Gasteiger partial charge < -0.3 is 20.9 Å². The largest absolute Gasteiger partial charge is 0.482 e. The normalized spacial score (nSPS) is 11.7. The summed E-state index contributed by atoms with van der Waals surface area (Å²) in [5.74, 6) is -0.863. The number of aliphatic carboxylic acids is 1. The lowest BCUT2D eigenvalue weighted by Crippen LogP contribution is -2.23. The molecule has 1 aromatic rings. The number of hydrogen-bond donors (Lipinski definition) is 3. The zero-order valence-electron chi connectivity index (χ0n) is 10.1. The molecule has 1 unspecified atom stereocenters. The van der Waals surface area contributed by atoms with E-state index in [-0.39, 0.29) is 18.4 Å². The molecule has 0 aliphatic rings. The molecule has 1 atom stereocenters. The number of carboxylic acid groups (broad SMARTS) is 1. The fraction of sp³-hybridized carbons (Fsp3) is 0.333. The molecule has 0 aliphatic carbocycles. The molecule has 0 heterocycles. The Morgan fingerprint density at radius 1 is 1.50 bits per heavy atom. The van der Waals surface area contributed by atoms with Crippen molar-refractivity contribution in [1.82, 2.24) is 0 Å². The second-order valence-corrected chi connectivity index (χ2v) is 3.94. The van der Waals surface area contributed by atoms with Gasteiger partial charge in [0.15, 0.2) is 6.61 Å². The fourth-order valence-electron chi connectivity index (χ4n) is 1.31. The number of rotatable bonds is 6. The van der Waals surface area contributed by atoms with Crippen LogP contribution >= 0.6 is 0 Å². The average Bonchev–Trinajstić information content (AvgIpc) is 2.25. The van der Waals surface area contributed by atoms with Crippen molar-refractivity contribution in [2.45, 2.75) is 19.4 Å². The Kier molecular flexibility index (Phi) is 5.13. The van der Waals surface area contributed by atoms with Crippen LogP contribution in [0, 0.1) is 0 Å². The molecule has 4 N–H and O–H groups in total. The Morgan fingerprint density at radius 3 is 2.83 bits per heavy atom. The maximum atomic E-state index is 11.5. The van der Waals surface area contributed by atoms with Gasteiger partial charge in [-0.15, -0.1) is 0 Å². The molecule has 0 bridgehead atoms. The standard InChI is InChI=1S/C12H16N2O4/c1-8(13)5-11(15)14-9-3-2-4-10(6-9)18-7-12(16)17/h2-4,6,8H,5,7,13H2,1H3,(H,14,15)(H,16,17). The van der Waals surface area contributed by atoms with Gasteiger partial charge in [-0.1, -0.05) is 6.07 Å². The summed E-state index contributed by atoms with van der Waals surface area (Å²) in [7, 11) is 0. The molecule has 98 valence electrons. The predicted octanol–water partition coefficient (Wildman–Crippen LogP) is 0.826. The van der Waals surface area contributed by atoms with Crippen LogP contribution in [0.4, 0.5) is 5.69 Å². The van der Waals surface area contributed by atoms with Crippen LogP contribution in [0.1, 0.15) is 13.3 Å². The van der Waals surface area contributed by atoms with Gasteiger partial charge in [-0.3, -0.25) is 4.79 Å². The second kappa shape index (κ2) is 6.61. The van der Waals surface area contributed by atoms with Crippen LogP contribution in [-0.2, 0) is 9.59 Å².